The van der Waals surface area contributed by atoms with E-state index < -0.39 is 0 Å². The van der Waals surface area contributed by atoms with Gasteiger partial charge in [0.1, 0.15) is 6.61 Å². The molecule has 1 rings (SSSR count). The number of aromatic nitrogens is 2. The molecule has 0 aliphatic carbocycles. The second-order valence-electron chi connectivity index (χ2n) is 4.75. The van der Waals surface area contributed by atoms with Gasteiger partial charge in [0.2, 0.25) is 5.89 Å². The summed E-state index contributed by atoms with van der Waals surface area (Å²) in [5.41, 5.74) is 5.98. The first-order chi connectivity index (χ1) is 8.11. The van der Waals surface area contributed by atoms with E-state index in [1.54, 1.807) is 0 Å². The van der Waals surface area contributed by atoms with Gasteiger partial charge in [0.15, 0.2) is 5.82 Å². The van der Waals surface area contributed by atoms with Gasteiger partial charge in [0, 0.05) is 19.1 Å². The zero-order valence-electron chi connectivity index (χ0n) is 11.0. The molecule has 0 spiro atoms. The summed E-state index contributed by atoms with van der Waals surface area (Å²) in [7, 11) is 0. The van der Waals surface area contributed by atoms with Crippen LogP contribution in [0.3, 0.4) is 0 Å². The van der Waals surface area contributed by atoms with Crippen LogP contribution in [0, 0.1) is 5.92 Å². The van der Waals surface area contributed by atoms with Crippen LogP contribution >= 0.6 is 0 Å². The molecule has 0 aromatic carbocycles. The van der Waals surface area contributed by atoms with Gasteiger partial charge in [-0.05, 0) is 18.8 Å². The third kappa shape index (κ3) is 5.79. The van der Waals surface area contributed by atoms with Crippen molar-refractivity contribution in [3.63, 3.8) is 0 Å². The van der Waals surface area contributed by atoms with Gasteiger partial charge in [-0.3, -0.25) is 0 Å². The Morgan fingerprint density at radius 3 is 2.82 bits per heavy atom. The van der Waals surface area contributed by atoms with Crippen molar-refractivity contribution in [3.05, 3.63) is 11.7 Å². The molecule has 5 heteroatoms. The van der Waals surface area contributed by atoms with Crippen LogP contribution in [0.1, 0.15) is 45.3 Å². The van der Waals surface area contributed by atoms with Gasteiger partial charge >= 0.3 is 0 Å². The van der Waals surface area contributed by atoms with Crippen molar-refractivity contribution in [2.24, 2.45) is 11.7 Å². The smallest absolute Gasteiger partial charge is 0.228 e. The van der Waals surface area contributed by atoms with Crippen molar-refractivity contribution in [2.75, 3.05) is 6.61 Å². The lowest BCUT2D eigenvalue weighted by molar-refractivity contribution is 0.114. The summed E-state index contributed by atoms with van der Waals surface area (Å²) in [6, 6.07) is 0.0832. The fourth-order valence-electron chi connectivity index (χ4n) is 1.65. The van der Waals surface area contributed by atoms with Crippen molar-refractivity contribution >= 4 is 0 Å². The molecule has 1 aromatic rings. The van der Waals surface area contributed by atoms with Crippen molar-refractivity contribution in [1.82, 2.24) is 10.1 Å². The van der Waals surface area contributed by atoms with E-state index >= 15 is 0 Å². The largest absolute Gasteiger partial charge is 0.373 e. The van der Waals surface area contributed by atoms with Crippen LogP contribution in [0.15, 0.2) is 4.52 Å². The molecule has 0 saturated heterocycles. The van der Waals surface area contributed by atoms with Gasteiger partial charge in [-0.15, -0.1) is 0 Å². The molecule has 0 fully saturated rings. The number of nitrogens with two attached hydrogens (primary N) is 1. The highest BCUT2D eigenvalue weighted by Crippen LogP contribution is 2.08. The van der Waals surface area contributed by atoms with E-state index in [0.717, 1.165) is 19.4 Å². The maximum atomic E-state index is 5.98. The van der Waals surface area contributed by atoms with E-state index in [-0.39, 0.29) is 6.04 Å². The Bertz CT molecular complexity index is 312. The summed E-state index contributed by atoms with van der Waals surface area (Å²) in [5.74, 6) is 1.79. The highest BCUT2D eigenvalue weighted by Gasteiger charge is 2.12. The summed E-state index contributed by atoms with van der Waals surface area (Å²) >= 11 is 0. The first-order valence-electron chi connectivity index (χ1n) is 6.26. The SMILES string of the molecule is CCCOCc1noc(CC(N)CC(C)C)n1. The maximum Gasteiger partial charge on any atom is 0.228 e. The summed E-state index contributed by atoms with van der Waals surface area (Å²) in [5, 5.41) is 3.85. The van der Waals surface area contributed by atoms with Crippen LogP contribution in [0.5, 0.6) is 0 Å². The Morgan fingerprint density at radius 1 is 1.41 bits per heavy atom. The Labute approximate surface area is 103 Å². The van der Waals surface area contributed by atoms with Crippen LogP contribution in [0.2, 0.25) is 0 Å². The predicted molar refractivity (Wildman–Crippen MR) is 65.4 cm³/mol. The summed E-state index contributed by atoms with van der Waals surface area (Å²) < 4.78 is 10.5. The minimum Gasteiger partial charge on any atom is -0.373 e. The van der Waals surface area contributed by atoms with Gasteiger partial charge in [-0.1, -0.05) is 25.9 Å². The monoisotopic (exact) mass is 241 g/mol. The first kappa shape index (κ1) is 14.1. The molecular formula is C12H23N3O2. The zero-order valence-corrected chi connectivity index (χ0v) is 11.0. The van der Waals surface area contributed by atoms with Gasteiger partial charge < -0.3 is 15.0 Å². The van der Waals surface area contributed by atoms with E-state index in [1.807, 2.05) is 0 Å². The minimum atomic E-state index is 0.0832. The molecule has 1 unspecified atom stereocenters. The van der Waals surface area contributed by atoms with Gasteiger partial charge in [0.25, 0.3) is 0 Å². The van der Waals surface area contributed by atoms with Crippen LogP contribution in [-0.4, -0.2) is 22.8 Å². The summed E-state index contributed by atoms with van der Waals surface area (Å²) in [6.07, 6.45) is 2.59. The average Bonchev–Trinajstić information content (AvgIpc) is 2.64. The topological polar surface area (TPSA) is 74.2 Å². The lowest BCUT2D eigenvalue weighted by atomic mass is 10.0. The molecule has 0 radical (unpaired) electrons. The number of rotatable bonds is 8. The molecule has 5 nitrogen and oxygen atoms in total. The molecular weight excluding hydrogens is 218 g/mol. The molecule has 0 aliphatic rings. The van der Waals surface area contributed by atoms with Crippen LogP contribution in [0.25, 0.3) is 0 Å². The molecule has 1 heterocycles. The standard InChI is InChI=1S/C12H23N3O2/c1-4-5-16-8-11-14-12(17-15-11)7-10(13)6-9(2)3/h9-10H,4-8,13H2,1-3H3. The van der Waals surface area contributed by atoms with Crippen molar-refractivity contribution in [2.45, 2.75) is 52.7 Å². The van der Waals surface area contributed by atoms with Crippen LogP contribution < -0.4 is 5.73 Å². The highest BCUT2D eigenvalue weighted by atomic mass is 16.5. The molecule has 1 aromatic heterocycles. The van der Waals surface area contributed by atoms with Crippen LogP contribution in [0.4, 0.5) is 0 Å². The minimum absolute atomic E-state index is 0.0832. The first-order valence-corrected chi connectivity index (χ1v) is 6.26. The molecule has 98 valence electrons. The lowest BCUT2D eigenvalue weighted by Crippen LogP contribution is -2.24. The molecule has 0 aliphatic heterocycles. The molecule has 0 saturated carbocycles. The van der Waals surface area contributed by atoms with E-state index in [1.165, 1.54) is 0 Å². The fourth-order valence-corrected chi connectivity index (χ4v) is 1.65. The maximum absolute atomic E-state index is 5.98. The number of ether oxygens (including phenoxy) is 1. The Morgan fingerprint density at radius 2 is 2.18 bits per heavy atom. The summed E-state index contributed by atoms with van der Waals surface area (Å²) in [6.45, 7) is 7.50. The second-order valence-corrected chi connectivity index (χ2v) is 4.75. The van der Waals surface area contributed by atoms with E-state index in [9.17, 15) is 0 Å². The summed E-state index contributed by atoms with van der Waals surface area (Å²) in [4.78, 5) is 4.25. The molecule has 0 amide bonds. The third-order valence-electron chi connectivity index (χ3n) is 2.30. The quantitative estimate of drug-likeness (QED) is 0.704. The lowest BCUT2D eigenvalue weighted by Gasteiger charge is -2.10. The van der Waals surface area contributed by atoms with Crippen LogP contribution in [-0.2, 0) is 17.8 Å². The number of hydrogen-bond acceptors (Lipinski definition) is 5. The molecule has 2 N–H and O–H groups in total. The van der Waals surface area contributed by atoms with Crippen molar-refractivity contribution in [3.8, 4) is 0 Å². The number of hydrogen-bond donors (Lipinski definition) is 1. The second kappa shape index (κ2) is 7.40. The zero-order chi connectivity index (χ0) is 12.7. The average molecular weight is 241 g/mol. The molecule has 17 heavy (non-hydrogen) atoms. The molecule has 0 bridgehead atoms. The highest BCUT2D eigenvalue weighted by molar-refractivity contribution is 4.87. The fraction of sp³-hybridized carbons (Fsp3) is 0.833. The number of nitrogens with zero attached hydrogens (tertiary/aromatic N) is 2. The van der Waals surface area contributed by atoms with Crippen molar-refractivity contribution in [1.29, 1.82) is 0 Å². The predicted octanol–water partition coefficient (Wildman–Crippen LogP) is 1.91. The Kier molecular flexibility index (Phi) is 6.15. The van der Waals surface area contributed by atoms with Gasteiger partial charge in [-0.2, -0.15) is 4.98 Å². The molecule has 1 atom stereocenters. The Hall–Kier alpha value is -0.940. The van der Waals surface area contributed by atoms with E-state index in [0.29, 0.717) is 30.7 Å². The Balaban J connectivity index is 2.34. The normalized spacial score (nSPS) is 13.2. The third-order valence-corrected chi connectivity index (χ3v) is 2.30. The van der Waals surface area contributed by atoms with Gasteiger partial charge in [-0.25, -0.2) is 0 Å². The van der Waals surface area contributed by atoms with Crippen molar-refractivity contribution < 1.29 is 9.26 Å². The van der Waals surface area contributed by atoms with E-state index in [4.69, 9.17) is 15.0 Å². The van der Waals surface area contributed by atoms with E-state index in [2.05, 4.69) is 30.9 Å². The van der Waals surface area contributed by atoms with Gasteiger partial charge in [0.05, 0.1) is 0 Å².